The number of carbonyl (C=O) groups excluding carboxylic acids is 2. The molecule has 2 heterocycles. The average Bonchev–Trinajstić information content (AvgIpc) is 2.91. The molecule has 2 aliphatic rings. The van der Waals surface area contributed by atoms with Crippen molar-refractivity contribution < 1.29 is 24.2 Å². The fourth-order valence-electron chi connectivity index (χ4n) is 3.32. The van der Waals surface area contributed by atoms with E-state index in [0.29, 0.717) is 30.3 Å². The van der Waals surface area contributed by atoms with Crippen LogP contribution in [-0.4, -0.2) is 42.0 Å². The van der Waals surface area contributed by atoms with E-state index in [0.717, 1.165) is 5.56 Å². The molecule has 0 aromatic heterocycles. The van der Waals surface area contributed by atoms with E-state index in [2.05, 4.69) is 0 Å². The molecule has 2 aromatic carbocycles. The van der Waals surface area contributed by atoms with Gasteiger partial charge in [0, 0.05) is 12.6 Å². The molecule has 1 amide bonds. The van der Waals surface area contributed by atoms with E-state index in [1.807, 2.05) is 30.3 Å². The van der Waals surface area contributed by atoms with Gasteiger partial charge in [0.15, 0.2) is 11.5 Å². The Hall–Kier alpha value is -3.28. The molecule has 1 atom stereocenters. The number of aliphatic hydroxyl groups excluding tert-OH is 1. The molecule has 1 N–H and O–H groups in total. The molecule has 6 nitrogen and oxygen atoms in total. The summed E-state index contributed by atoms with van der Waals surface area (Å²) >= 11 is 0. The van der Waals surface area contributed by atoms with Crippen LogP contribution in [0.2, 0.25) is 0 Å². The van der Waals surface area contributed by atoms with Crippen LogP contribution < -0.4 is 9.47 Å². The van der Waals surface area contributed by atoms with Crippen LogP contribution in [0.1, 0.15) is 17.2 Å². The van der Waals surface area contributed by atoms with Crippen LogP contribution in [0.4, 0.5) is 0 Å². The maximum Gasteiger partial charge on any atom is 0.295 e. The number of hydrogen-bond acceptors (Lipinski definition) is 5. The first-order chi connectivity index (χ1) is 12.6. The summed E-state index contributed by atoms with van der Waals surface area (Å²) in [7, 11) is 1.56. The lowest BCUT2D eigenvalue weighted by molar-refractivity contribution is -0.139. The van der Waals surface area contributed by atoms with Crippen LogP contribution >= 0.6 is 0 Å². The maximum absolute atomic E-state index is 12.5. The molecule has 1 fully saturated rings. The van der Waals surface area contributed by atoms with Gasteiger partial charge in [-0.25, -0.2) is 0 Å². The number of amides is 1. The third-order valence-electron chi connectivity index (χ3n) is 4.61. The summed E-state index contributed by atoms with van der Waals surface area (Å²) in [5.41, 5.74) is 1.23. The maximum atomic E-state index is 12.5. The number of hydrogen-bond donors (Lipinski definition) is 1. The van der Waals surface area contributed by atoms with Crippen LogP contribution in [0.3, 0.4) is 0 Å². The zero-order valence-electron chi connectivity index (χ0n) is 14.1. The molecule has 0 spiro atoms. The van der Waals surface area contributed by atoms with E-state index in [-0.39, 0.29) is 11.3 Å². The predicted molar refractivity (Wildman–Crippen MR) is 93.9 cm³/mol. The van der Waals surface area contributed by atoms with Crippen molar-refractivity contribution in [2.75, 3.05) is 20.3 Å². The van der Waals surface area contributed by atoms with Crippen LogP contribution in [0, 0.1) is 0 Å². The SMILES string of the molecule is CN1C(=O)C(=O)/C(=C(/O)c2ccc3c(c2)OCCO3)C1c1ccccc1. The first kappa shape index (κ1) is 16.2. The number of fused-ring (bicyclic) bond motifs is 1. The lowest BCUT2D eigenvalue weighted by atomic mass is 9.95. The lowest BCUT2D eigenvalue weighted by Gasteiger charge is -2.21. The first-order valence-electron chi connectivity index (χ1n) is 8.27. The van der Waals surface area contributed by atoms with E-state index in [1.165, 1.54) is 4.90 Å². The Balaban J connectivity index is 1.84. The number of likely N-dealkylation sites (tertiary alicyclic amines) is 1. The Bertz CT molecular complexity index is 919. The minimum absolute atomic E-state index is 0.0698. The van der Waals surface area contributed by atoms with Crippen molar-refractivity contribution in [3.8, 4) is 11.5 Å². The van der Waals surface area contributed by atoms with Crippen LogP contribution in [0.15, 0.2) is 54.1 Å². The molecule has 4 rings (SSSR count). The fraction of sp³-hybridized carbons (Fsp3) is 0.200. The Morgan fingerprint density at radius 1 is 1.04 bits per heavy atom. The molecule has 132 valence electrons. The van der Waals surface area contributed by atoms with Crippen LogP contribution in [0.25, 0.3) is 5.76 Å². The number of ketones is 1. The van der Waals surface area contributed by atoms with E-state index < -0.39 is 17.7 Å². The first-order valence-corrected chi connectivity index (χ1v) is 8.27. The molecule has 2 aliphatic heterocycles. The van der Waals surface area contributed by atoms with Gasteiger partial charge in [0.2, 0.25) is 0 Å². The van der Waals surface area contributed by atoms with Gasteiger partial charge < -0.3 is 19.5 Å². The second kappa shape index (κ2) is 6.22. The Morgan fingerprint density at radius 3 is 2.46 bits per heavy atom. The number of aliphatic hydroxyl groups is 1. The van der Waals surface area contributed by atoms with Gasteiger partial charge >= 0.3 is 0 Å². The molecule has 1 unspecified atom stereocenters. The topological polar surface area (TPSA) is 76.1 Å². The van der Waals surface area contributed by atoms with Gasteiger partial charge in [-0.15, -0.1) is 0 Å². The molecule has 2 aromatic rings. The largest absolute Gasteiger partial charge is 0.507 e. The highest BCUT2D eigenvalue weighted by Gasteiger charge is 2.44. The number of nitrogens with zero attached hydrogens (tertiary/aromatic N) is 1. The van der Waals surface area contributed by atoms with Gasteiger partial charge in [0.05, 0.1) is 11.6 Å². The van der Waals surface area contributed by atoms with Crippen molar-refractivity contribution in [3.63, 3.8) is 0 Å². The van der Waals surface area contributed by atoms with Gasteiger partial charge in [-0.05, 0) is 23.8 Å². The number of likely N-dealkylation sites (N-methyl/N-ethyl adjacent to an activating group) is 1. The van der Waals surface area contributed by atoms with Crippen LogP contribution in [-0.2, 0) is 9.59 Å². The van der Waals surface area contributed by atoms with E-state index in [4.69, 9.17) is 9.47 Å². The third kappa shape index (κ3) is 2.50. The summed E-state index contributed by atoms with van der Waals surface area (Å²) in [6.45, 7) is 0.883. The van der Waals surface area contributed by atoms with Gasteiger partial charge in [-0.2, -0.15) is 0 Å². The van der Waals surface area contributed by atoms with Gasteiger partial charge in [-0.3, -0.25) is 9.59 Å². The minimum Gasteiger partial charge on any atom is -0.507 e. The van der Waals surface area contributed by atoms with E-state index >= 15 is 0 Å². The average molecular weight is 351 g/mol. The molecular weight excluding hydrogens is 334 g/mol. The van der Waals surface area contributed by atoms with Crippen molar-refractivity contribution in [2.24, 2.45) is 0 Å². The van der Waals surface area contributed by atoms with Crippen molar-refractivity contribution in [1.82, 2.24) is 4.90 Å². The Labute approximate surface area is 150 Å². The van der Waals surface area contributed by atoms with Crippen LogP contribution in [0.5, 0.6) is 11.5 Å². The summed E-state index contributed by atoms with van der Waals surface area (Å²) in [6, 6.07) is 13.5. The predicted octanol–water partition coefficient (Wildman–Crippen LogP) is 2.51. The summed E-state index contributed by atoms with van der Waals surface area (Å²) in [5.74, 6) is -0.476. The van der Waals surface area contributed by atoms with E-state index in [9.17, 15) is 14.7 Å². The molecule has 0 bridgehead atoms. The standard InChI is InChI=1S/C20H17NO5/c1-21-17(12-5-3-2-4-6-12)16(19(23)20(21)24)18(22)13-7-8-14-15(11-13)26-10-9-25-14/h2-8,11,17,22H,9-10H2,1H3/b18-16+. The number of ether oxygens (including phenoxy) is 2. The highest BCUT2D eigenvalue weighted by molar-refractivity contribution is 6.46. The Kier molecular flexibility index (Phi) is 3.88. The smallest absolute Gasteiger partial charge is 0.295 e. The second-order valence-corrected chi connectivity index (χ2v) is 6.18. The summed E-state index contributed by atoms with van der Waals surface area (Å²) in [6.07, 6.45) is 0. The number of benzene rings is 2. The molecular formula is C20H17NO5. The lowest BCUT2D eigenvalue weighted by Crippen LogP contribution is -2.24. The molecule has 1 saturated heterocycles. The van der Waals surface area contributed by atoms with Crippen molar-refractivity contribution in [1.29, 1.82) is 0 Å². The monoisotopic (exact) mass is 351 g/mol. The summed E-state index contributed by atoms with van der Waals surface area (Å²) in [5, 5.41) is 10.8. The molecule has 0 radical (unpaired) electrons. The normalized spacial score (nSPS) is 21.1. The van der Waals surface area contributed by atoms with Gasteiger partial charge in [0.1, 0.15) is 19.0 Å². The van der Waals surface area contributed by atoms with Gasteiger partial charge in [-0.1, -0.05) is 30.3 Å². The number of Topliss-reactive ketones (excluding diaryl/α,β-unsaturated/α-hetero) is 1. The molecule has 0 aliphatic carbocycles. The summed E-state index contributed by atoms with van der Waals surface area (Å²) < 4.78 is 11.0. The zero-order chi connectivity index (χ0) is 18.3. The summed E-state index contributed by atoms with van der Waals surface area (Å²) in [4.78, 5) is 26.1. The quantitative estimate of drug-likeness (QED) is 0.511. The highest BCUT2D eigenvalue weighted by Crippen LogP contribution is 2.40. The van der Waals surface area contributed by atoms with Crippen molar-refractivity contribution >= 4 is 17.4 Å². The minimum atomic E-state index is -0.700. The van der Waals surface area contributed by atoms with Crippen molar-refractivity contribution in [2.45, 2.75) is 6.04 Å². The zero-order valence-corrected chi connectivity index (χ0v) is 14.1. The van der Waals surface area contributed by atoms with Crippen molar-refractivity contribution in [3.05, 3.63) is 65.2 Å². The second-order valence-electron chi connectivity index (χ2n) is 6.18. The molecule has 0 saturated carbocycles. The highest BCUT2D eigenvalue weighted by atomic mass is 16.6. The number of rotatable bonds is 2. The number of carbonyl (C=O) groups is 2. The third-order valence-corrected chi connectivity index (χ3v) is 4.61. The van der Waals surface area contributed by atoms with E-state index in [1.54, 1.807) is 25.2 Å². The molecule has 26 heavy (non-hydrogen) atoms. The fourth-order valence-corrected chi connectivity index (χ4v) is 3.32. The molecule has 6 heteroatoms. The Morgan fingerprint density at radius 2 is 1.73 bits per heavy atom. The van der Waals surface area contributed by atoms with Gasteiger partial charge in [0.25, 0.3) is 11.7 Å².